The second kappa shape index (κ2) is 10.1. The molecule has 1 aromatic heterocycles. The Hall–Kier alpha value is -3.35. The van der Waals surface area contributed by atoms with Gasteiger partial charge < -0.3 is 5.32 Å². The van der Waals surface area contributed by atoms with E-state index < -0.39 is 0 Å². The van der Waals surface area contributed by atoms with E-state index in [1.54, 1.807) is 36.7 Å². The third-order valence-corrected chi connectivity index (χ3v) is 4.86. The Kier molecular flexibility index (Phi) is 6.82. The van der Waals surface area contributed by atoms with Gasteiger partial charge in [-0.25, -0.2) is 15.4 Å². The van der Waals surface area contributed by atoms with Gasteiger partial charge in [0.05, 0.1) is 0 Å². The molecular formula is C19H26N10O2. The normalized spacial score (nSPS) is 22.5. The van der Waals surface area contributed by atoms with Gasteiger partial charge in [0.2, 0.25) is 11.9 Å². The number of guanidine groups is 2. The van der Waals surface area contributed by atoms with Crippen LogP contribution in [0.15, 0.2) is 50.5 Å². The molecule has 0 radical (unpaired) electrons. The first-order valence-electron chi connectivity index (χ1n) is 10.3. The van der Waals surface area contributed by atoms with Crippen LogP contribution in [0.5, 0.6) is 0 Å². The zero-order valence-corrected chi connectivity index (χ0v) is 17.0. The number of allylic oxidation sites excluding steroid dienone is 1. The minimum Gasteiger partial charge on any atom is -0.308 e. The fraction of sp³-hybridized carbons (Fsp3) is 0.421. The number of hydrogen-bond donors (Lipinski definition) is 5. The lowest BCUT2D eigenvalue weighted by Gasteiger charge is -2.28. The minimum atomic E-state index is -0.377. The lowest BCUT2D eigenvalue weighted by Crippen LogP contribution is -2.53. The van der Waals surface area contributed by atoms with Gasteiger partial charge in [0.25, 0.3) is 0 Å². The highest BCUT2D eigenvalue weighted by atomic mass is 16.5. The topological polar surface area (TPSA) is 145 Å². The van der Waals surface area contributed by atoms with Crippen LogP contribution in [0.25, 0.3) is 0 Å². The smallest absolute Gasteiger partial charge is 0.236 e. The van der Waals surface area contributed by atoms with Crippen molar-refractivity contribution in [1.82, 2.24) is 21.0 Å². The predicted molar refractivity (Wildman–Crippen MR) is 119 cm³/mol. The summed E-state index contributed by atoms with van der Waals surface area (Å²) in [5.74, 6) is 1.94. The Morgan fingerprint density at radius 3 is 2.71 bits per heavy atom. The molecule has 31 heavy (non-hydrogen) atoms. The molecule has 12 nitrogen and oxygen atoms in total. The number of aliphatic imine (C=N–C) groups is 4. The summed E-state index contributed by atoms with van der Waals surface area (Å²) >= 11 is 0. The lowest BCUT2D eigenvalue weighted by molar-refractivity contribution is -0.126. The van der Waals surface area contributed by atoms with Crippen LogP contribution in [0.1, 0.15) is 32.1 Å². The zero-order valence-electron chi connectivity index (χ0n) is 17.0. The fourth-order valence-corrected chi connectivity index (χ4v) is 3.27. The standard InChI is InChI=1S/C19H26N10O2/c30-28-14-8-6-12-20-16(14)24-18(26-28)22-10-4-2-1-3-5-11-23-19-25-17-15(29(31)27-19)9-7-13-21-17/h6-9,12-14,30-31H,1-5,10-11H2,(H,22,26)(H2,21,23,25,27). The van der Waals surface area contributed by atoms with Crippen LogP contribution in [0.4, 0.5) is 11.5 Å². The maximum atomic E-state index is 9.95. The molecule has 0 aromatic carbocycles. The van der Waals surface area contributed by atoms with E-state index in [0.717, 1.165) is 42.4 Å². The summed E-state index contributed by atoms with van der Waals surface area (Å²) in [6, 6.07) is 3.12. The number of rotatable bonds is 8. The molecule has 0 saturated carbocycles. The number of pyridine rings is 1. The molecule has 1 atom stereocenters. The molecule has 12 heteroatoms. The maximum Gasteiger partial charge on any atom is 0.236 e. The van der Waals surface area contributed by atoms with Crippen molar-refractivity contribution >= 4 is 35.5 Å². The van der Waals surface area contributed by atoms with Gasteiger partial charge >= 0.3 is 0 Å². The summed E-state index contributed by atoms with van der Waals surface area (Å²) in [6.07, 6.45) is 11.9. The number of unbranched alkanes of at least 4 members (excludes halogenated alkanes) is 4. The summed E-state index contributed by atoms with van der Waals surface area (Å²) in [7, 11) is 0. The molecule has 1 aromatic rings. The van der Waals surface area contributed by atoms with Crippen molar-refractivity contribution in [3.05, 3.63) is 30.5 Å². The number of anilines is 2. The second-order valence-corrected chi connectivity index (χ2v) is 7.16. The van der Waals surface area contributed by atoms with E-state index in [1.807, 2.05) is 0 Å². The number of aromatic nitrogens is 1. The third-order valence-electron chi connectivity index (χ3n) is 4.86. The van der Waals surface area contributed by atoms with Gasteiger partial charge in [0.15, 0.2) is 11.7 Å². The summed E-state index contributed by atoms with van der Waals surface area (Å²) in [4.78, 5) is 21.5. The summed E-state index contributed by atoms with van der Waals surface area (Å²) in [5, 5.41) is 24.8. The van der Waals surface area contributed by atoms with Crippen molar-refractivity contribution < 1.29 is 10.4 Å². The Balaban J connectivity index is 1.11. The number of hydrogen-bond acceptors (Lipinski definition) is 8. The van der Waals surface area contributed by atoms with Gasteiger partial charge in [-0.3, -0.25) is 25.8 Å². The molecule has 3 aliphatic rings. The number of fused-ring (bicyclic) bond motifs is 2. The van der Waals surface area contributed by atoms with E-state index in [9.17, 15) is 10.4 Å². The number of nitrogens with one attached hydrogen (secondary N) is 3. The summed E-state index contributed by atoms with van der Waals surface area (Å²) in [6.45, 7) is 1.28. The van der Waals surface area contributed by atoms with Gasteiger partial charge in [-0.2, -0.15) is 10.2 Å². The van der Waals surface area contributed by atoms with Crippen molar-refractivity contribution in [2.24, 2.45) is 20.0 Å². The molecule has 0 fully saturated rings. The van der Waals surface area contributed by atoms with Crippen molar-refractivity contribution in [2.75, 3.05) is 23.6 Å². The van der Waals surface area contributed by atoms with E-state index in [-0.39, 0.29) is 6.04 Å². The van der Waals surface area contributed by atoms with E-state index in [2.05, 4.69) is 41.1 Å². The molecule has 0 spiro atoms. The molecule has 0 amide bonds. The van der Waals surface area contributed by atoms with E-state index in [1.165, 1.54) is 0 Å². The van der Waals surface area contributed by atoms with Crippen LogP contribution in [0, 0.1) is 0 Å². The van der Waals surface area contributed by atoms with Crippen molar-refractivity contribution in [1.29, 1.82) is 0 Å². The lowest BCUT2D eigenvalue weighted by atomic mass is 10.1. The summed E-state index contributed by atoms with van der Waals surface area (Å²) < 4.78 is 0. The van der Waals surface area contributed by atoms with Gasteiger partial charge in [-0.05, 0) is 31.1 Å². The number of nitrogens with zero attached hydrogens (tertiary/aromatic N) is 7. The second-order valence-electron chi connectivity index (χ2n) is 7.16. The first kappa shape index (κ1) is 20.9. The molecule has 164 valence electrons. The van der Waals surface area contributed by atoms with Crippen LogP contribution < -0.4 is 21.3 Å². The van der Waals surface area contributed by atoms with E-state index in [0.29, 0.717) is 42.3 Å². The average Bonchev–Trinajstić information content (AvgIpc) is 2.78. The van der Waals surface area contributed by atoms with Gasteiger partial charge in [0.1, 0.15) is 11.7 Å². The van der Waals surface area contributed by atoms with Crippen molar-refractivity contribution in [2.45, 2.75) is 38.1 Å². The molecule has 4 rings (SSSR count). The SMILES string of the molecule is ON1NC(=NCCCCCCCN=C2N=C3N=CC=CC3N(O)N2)Nc2ncccc21. The first-order valence-corrected chi connectivity index (χ1v) is 10.3. The Bertz CT molecular complexity index is 926. The molecule has 4 heterocycles. The highest BCUT2D eigenvalue weighted by Gasteiger charge is 2.27. The van der Waals surface area contributed by atoms with Crippen molar-refractivity contribution in [3.8, 4) is 0 Å². The Morgan fingerprint density at radius 1 is 1.03 bits per heavy atom. The molecule has 5 N–H and O–H groups in total. The number of amidine groups is 1. The first-order chi connectivity index (χ1) is 15.2. The van der Waals surface area contributed by atoms with Crippen LogP contribution >= 0.6 is 0 Å². The monoisotopic (exact) mass is 426 g/mol. The van der Waals surface area contributed by atoms with Crippen LogP contribution in [0.2, 0.25) is 0 Å². The Morgan fingerprint density at radius 2 is 1.84 bits per heavy atom. The van der Waals surface area contributed by atoms with E-state index >= 15 is 0 Å². The predicted octanol–water partition coefficient (Wildman–Crippen LogP) is 1.49. The number of hydroxylamine groups is 1. The zero-order chi connectivity index (χ0) is 21.5. The van der Waals surface area contributed by atoms with Gasteiger partial charge in [-0.1, -0.05) is 30.5 Å². The highest BCUT2D eigenvalue weighted by Crippen LogP contribution is 2.23. The van der Waals surface area contributed by atoms with Crippen LogP contribution in [0.3, 0.4) is 0 Å². The largest absolute Gasteiger partial charge is 0.308 e. The van der Waals surface area contributed by atoms with E-state index in [4.69, 9.17) is 0 Å². The van der Waals surface area contributed by atoms with Crippen LogP contribution in [-0.4, -0.2) is 63.7 Å². The summed E-state index contributed by atoms with van der Waals surface area (Å²) in [5.41, 5.74) is 6.07. The fourth-order valence-electron chi connectivity index (χ4n) is 3.27. The van der Waals surface area contributed by atoms with Crippen molar-refractivity contribution in [3.63, 3.8) is 0 Å². The molecular weight excluding hydrogens is 400 g/mol. The highest BCUT2D eigenvalue weighted by molar-refractivity contribution is 6.07. The molecule has 0 saturated heterocycles. The van der Waals surface area contributed by atoms with Gasteiger partial charge in [-0.15, -0.1) is 0 Å². The molecule has 3 aliphatic heterocycles. The Labute approximate surface area is 179 Å². The number of dihydropyridines is 1. The quantitative estimate of drug-likeness (QED) is 0.393. The third kappa shape index (κ3) is 5.42. The molecule has 1 unspecified atom stereocenters. The minimum absolute atomic E-state index is 0.374. The van der Waals surface area contributed by atoms with Crippen LogP contribution in [-0.2, 0) is 0 Å². The molecule has 0 bridgehead atoms. The van der Waals surface area contributed by atoms with Gasteiger partial charge in [0, 0.05) is 25.5 Å². The molecule has 0 aliphatic carbocycles. The average molecular weight is 426 g/mol. The maximum absolute atomic E-state index is 9.95. The number of hydrazine groups is 2.